The average Bonchev–Trinajstić information content (AvgIpc) is 2.56. The van der Waals surface area contributed by atoms with E-state index in [0.717, 1.165) is 23.2 Å². The molecule has 0 saturated heterocycles. The molecular formula is C16H30. The summed E-state index contributed by atoms with van der Waals surface area (Å²) in [6.07, 6.45) is 13.7. The number of hydrogen-bond acceptors (Lipinski definition) is 0. The van der Waals surface area contributed by atoms with E-state index in [2.05, 4.69) is 20.8 Å². The molecule has 0 aliphatic heterocycles. The molecule has 2 aliphatic rings. The fourth-order valence-corrected chi connectivity index (χ4v) is 4.35. The van der Waals surface area contributed by atoms with Crippen LogP contribution >= 0.6 is 0 Å². The summed E-state index contributed by atoms with van der Waals surface area (Å²) in [5.74, 6) is 3.04. The van der Waals surface area contributed by atoms with Gasteiger partial charge in [-0.2, -0.15) is 0 Å². The average molecular weight is 222 g/mol. The lowest BCUT2D eigenvalue weighted by atomic mass is 9.61. The van der Waals surface area contributed by atoms with Crippen LogP contribution in [0.25, 0.3) is 0 Å². The maximum atomic E-state index is 2.43. The molecule has 1 atom stereocenters. The van der Waals surface area contributed by atoms with Crippen molar-refractivity contribution in [3.05, 3.63) is 0 Å². The van der Waals surface area contributed by atoms with Crippen LogP contribution in [0.5, 0.6) is 0 Å². The highest BCUT2D eigenvalue weighted by Gasteiger charge is 2.46. The van der Waals surface area contributed by atoms with Crippen LogP contribution in [0.1, 0.15) is 78.6 Å². The van der Waals surface area contributed by atoms with E-state index in [1.165, 1.54) is 25.7 Å². The normalized spacial score (nSPS) is 38.2. The van der Waals surface area contributed by atoms with E-state index in [4.69, 9.17) is 0 Å². The first-order valence-electron chi connectivity index (χ1n) is 7.60. The Morgan fingerprint density at radius 2 is 1.88 bits per heavy atom. The summed E-state index contributed by atoms with van der Waals surface area (Å²) in [5, 5.41) is 0. The molecule has 0 radical (unpaired) electrons. The van der Waals surface area contributed by atoms with Gasteiger partial charge in [-0.3, -0.25) is 0 Å². The van der Waals surface area contributed by atoms with E-state index in [-0.39, 0.29) is 0 Å². The number of rotatable bonds is 5. The number of unbranched alkanes of at least 4 members (excludes halogenated alkanes) is 1. The summed E-state index contributed by atoms with van der Waals surface area (Å²) in [6.45, 7) is 7.13. The summed E-state index contributed by atoms with van der Waals surface area (Å²) in [6, 6.07) is 0. The van der Waals surface area contributed by atoms with Crippen molar-refractivity contribution in [1.29, 1.82) is 0 Å². The van der Waals surface area contributed by atoms with E-state index in [0.29, 0.717) is 0 Å². The van der Waals surface area contributed by atoms with Crippen LogP contribution in [0.2, 0.25) is 0 Å². The highest BCUT2D eigenvalue weighted by atomic mass is 14.5. The molecule has 2 aliphatic carbocycles. The van der Waals surface area contributed by atoms with Crippen molar-refractivity contribution in [1.82, 2.24) is 0 Å². The molecule has 1 spiro atoms. The van der Waals surface area contributed by atoms with Crippen LogP contribution in [0, 0.1) is 23.2 Å². The Kier molecular flexibility index (Phi) is 3.97. The minimum absolute atomic E-state index is 0.849. The summed E-state index contributed by atoms with van der Waals surface area (Å²) < 4.78 is 0. The zero-order valence-electron chi connectivity index (χ0n) is 11.6. The molecule has 0 aromatic carbocycles. The third kappa shape index (κ3) is 3.02. The predicted octanol–water partition coefficient (Wildman–Crippen LogP) is 5.42. The molecule has 1 unspecified atom stereocenters. The molecule has 94 valence electrons. The van der Waals surface area contributed by atoms with Gasteiger partial charge >= 0.3 is 0 Å². The molecule has 0 aromatic rings. The zero-order valence-corrected chi connectivity index (χ0v) is 11.6. The Hall–Kier alpha value is 0. The smallest absolute Gasteiger partial charge is 0.0290 e. The molecule has 16 heavy (non-hydrogen) atoms. The molecule has 0 amide bonds. The molecule has 2 fully saturated rings. The van der Waals surface area contributed by atoms with Crippen LogP contribution < -0.4 is 0 Å². The summed E-state index contributed by atoms with van der Waals surface area (Å²) in [7, 11) is 0. The van der Waals surface area contributed by atoms with Crippen LogP contribution in [0.4, 0.5) is 0 Å². The number of hydrogen-bond donors (Lipinski definition) is 0. The minimum atomic E-state index is 0.849. The Labute approximate surface area is 102 Å². The second kappa shape index (κ2) is 5.10. The lowest BCUT2D eigenvalue weighted by Gasteiger charge is -2.44. The molecular weight excluding hydrogens is 192 g/mol. The monoisotopic (exact) mass is 222 g/mol. The van der Waals surface area contributed by atoms with Gasteiger partial charge in [0.1, 0.15) is 0 Å². The largest absolute Gasteiger partial charge is 0.0628 e. The van der Waals surface area contributed by atoms with Crippen molar-refractivity contribution in [2.45, 2.75) is 78.6 Å². The minimum Gasteiger partial charge on any atom is -0.0628 e. The van der Waals surface area contributed by atoms with E-state index in [9.17, 15) is 0 Å². The van der Waals surface area contributed by atoms with Gasteiger partial charge in [0.15, 0.2) is 0 Å². The van der Waals surface area contributed by atoms with E-state index < -0.39 is 0 Å². The SMILES string of the molecule is CC(C)CCCCC1CCC2(CC(C)C2)C1. The Morgan fingerprint density at radius 3 is 2.50 bits per heavy atom. The van der Waals surface area contributed by atoms with Crippen LogP contribution in [-0.2, 0) is 0 Å². The third-order valence-corrected chi connectivity index (χ3v) is 5.01. The first-order chi connectivity index (χ1) is 7.60. The van der Waals surface area contributed by atoms with Gasteiger partial charge in [-0.25, -0.2) is 0 Å². The molecule has 0 heteroatoms. The van der Waals surface area contributed by atoms with Crippen molar-refractivity contribution in [3.8, 4) is 0 Å². The van der Waals surface area contributed by atoms with Gasteiger partial charge in [0.25, 0.3) is 0 Å². The first kappa shape index (κ1) is 12.5. The fourth-order valence-electron chi connectivity index (χ4n) is 4.35. The molecule has 0 nitrogen and oxygen atoms in total. The lowest BCUT2D eigenvalue weighted by Crippen LogP contribution is -2.33. The maximum absolute atomic E-state index is 2.43. The van der Waals surface area contributed by atoms with Crippen molar-refractivity contribution >= 4 is 0 Å². The Bertz CT molecular complexity index is 210. The standard InChI is InChI=1S/C16H30/c1-13(2)6-4-5-7-15-8-9-16(12-15)10-14(3)11-16/h13-15H,4-12H2,1-3H3. The van der Waals surface area contributed by atoms with Gasteiger partial charge < -0.3 is 0 Å². The van der Waals surface area contributed by atoms with Gasteiger partial charge in [0, 0.05) is 0 Å². The maximum Gasteiger partial charge on any atom is -0.0290 e. The Balaban J connectivity index is 1.59. The van der Waals surface area contributed by atoms with Gasteiger partial charge in [0.05, 0.1) is 0 Å². The lowest BCUT2D eigenvalue weighted by molar-refractivity contribution is 0.0687. The molecule has 2 saturated carbocycles. The quantitative estimate of drug-likeness (QED) is 0.545. The topological polar surface area (TPSA) is 0 Å². The summed E-state index contributed by atoms with van der Waals surface area (Å²) in [4.78, 5) is 0. The third-order valence-electron chi connectivity index (χ3n) is 5.01. The molecule has 0 aromatic heterocycles. The molecule has 0 heterocycles. The van der Waals surface area contributed by atoms with Crippen LogP contribution in [-0.4, -0.2) is 0 Å². The first-order valence-corrected chi connectivity index (χ1v) is 7.60. The second-order valence-electron chi connectivity index (χ2n) is 7.30. The summed E-state index contributed by atoms with van der Waals surface area (Å²) >= 11 is 0. The van der Waals surface area contributed by atoms with Gasteiger partial charge in [-0.15, -0.1) is 0 Å². The molecule has 2 rings (SSSR count). The summed E-state index contributed by atoms with van der Waals surface area (Å²) in [5.41, 5.74) is 0.849. The van der Waals surface area contributed by atoms with Gasteiger partial charge in [0.2, 0.25) is 0 Å². The predicted molar refractivity (Wildman–Crippen MR) is 71.5 cm³/mol. The van der Waals surface area contributed by atoms with E-state index in [1.54, 1.807) is 32.1 Å². The zero-order chi connectivity index (χ0) is 11.6. The van der Waals surface area contributed by atoms with E-state index in [1.807, 2.05) is 0 Å². The van der Waals surface area contributed by atoms with Crippen molar-refractivity contribution < 1.29 is 0 Å². The fraction of sp³-hybridized carbons (Fsp3) is 1.00. The van der Waals surface area contributed by atoms with Crippen molar-refractivity contribution in [2.75, 3.05) is 0 Å². The molecule has 0 bridgehead atoms. The van der Waals surface area contributed by atoms with E-state index >= 15 is 0 Å². The second-order valence-corrected chi connectivity index (χ2v) is 7.30. The highest BCUT2D eigenvalue weighted by molar-refractivity contribution is 4.97. The van der Waals surface area contributed by atoms with Crippen LogP contribution in [0.3, 0.4) is 0 Å². The van der Waals surface area contributed by atoms with Crippen molar-refractivity contribution in [3.63, 3.8) is 0 Å². The van der Waals surface area contributed by atoms with Crippen LogP contribution in [0.15, 0.2) is 0 Å². The molecule has 0 N–H and O–H groups in total. The van der Waals surface area contributed by atoms with Gasteiger partial charge in [-0.1, -0.05) is 46.5 Å². The van der Waals surface area contributed by atoms with Gasteiger partial charge in [-0.05, 0) is 55.3 Å². The van der Waals surface area contributed by atoms with Crippen molar-refractivity contribution in [2.24, 2.45) is 23.2 Å². The Morgan fingerprint density at radius 1 is 1.12 bits per heavy atom. The highest BCUT2D eigenvalue weighted by Crippen LogP contribution is 2.58.